The van der Waals surface area contributed by atoms with Gasteiger partial charge in [0.25, 0.3) is 17.4 Å². The molecule has 0 spiro atoms. The van der Waals surface area contributed by atoms with Gasteiger partial charge in [0, 0.05) is 18.4 Å². The molecule has 0 saturated heterocycles. The standard InChI is InChI=1S/C20H18N4O4/c1-2-24-20(27)14-9-5-4-8-13(14)17(23-24)19(26)22-21-18(25)16-11-12-7-3-6-10-15(12)28-16/h3-10,16H,2,11H2,1H3,(H,21,25)(H,22,26)/t16-/m0/s1. The summed E-state index contributed by atoms with van der Waals surface area (Å²) in [5.41, 5.74) is 5.49. The molecule has 1 aliphatic rings. The number of aromatic nitrogens is 2. The third kappa shape index (κ3) is 3.09. The Morgan fingerprint density at radius 1 is 1.11 bits per heavy atom. The molecule has 1 aromatic heterocycles. The molecule has 1 aliphatic heterocycles. The van der Waals surface area contributed by atoms with Crippen molar-refractivity contribution in [1.29, 1.82) is 0 Å². The first-order valence-electron chi connectivity index (χ1n) is 8.93. The van der Waals surface area contributed by atoms with Crippen LogP contribution in [-0.2, 0) is 17.8 Å². The van der Waals surface area contributed by atoms with Crippen LogP contribution < -0.4 is 21.1 Å². The molecule has 8 nitrogen and oxygen atoms in total. The number of amides is 2. The van der Waals surface area contributed by atoms with Crippen molar-refractivity contribution in [1.82, 2.24) is 20.6 Å². The predicted octanol–water partition coefficient (Wildman–Crippen LogP) is 1.18. The molecule has 4 rings (SSSR count). The highest BCUT2D eigenvalue weighted by Crippen LogP contribution is 2.28. The van der Waals surface area contributed by atoms with Gasteiger partial charge >= 0.3 is 0 Å². The quantitative estimate of drug-likeness (QED) is 0.667. The van der Waals surface area contributed by atoms with E-state index < -0.39 is 17.9 Å². The summed E-state index contributed by atoms with van der Waals surface area (Å²) in [5.74, 6) is -0.406. The zero-order valence-corrected chi connectivity index (χ0v) is 15.1. The number of benzene rings is 2. The highest BCUT2D eigenvalue weighted by Gasteiger charge is 2.29. The van der Waals surface area contributed by atoms with E-state index in [4.69, 9.17) is 4.74 Å². The van der Waals surface area contributed by atoms with Crippen molar-refractivity contribution in [3.63, 3.8) is 0 Å². The molecule has 2 amide bonds. The zero-order chi connectivity index (χ0) is 19.7. The molecule has 0 fully saturated rings. The normalized spacial score (nSPS) is 15.0. The van der Waals surface area contributed by atoms with Gasteiger partial charge in [0.2, 0.25) is 0 Å². The lowest BCUT2D eigenvalue weighted by Crippen LogP contribution is -2.48. The molecule has 0 bridgehead atoms. The summed E-state index contributed by atoms with van der Waals surface area (Å²) in [5, 5.41) is 4.95. The van der Waals surface area contributed by atoms with E-state index in [2.05, 4.69) is 16.0 Å². The van der Waals surface area contributed by atoms with Gasteiger partial charge in [-0.3, -0.25) is 25.2 Å². The van der Waals surface area contributed by atoms with Crippen molar-refractivity contribution in [2.24, 2.45) is 0 Å². The summed E-state index contributed by atoms with van der Waals surface area (Å²) < 4.78 is 6.82. The zero-order valence-electron chi connectivity index (χ0n) is 15.1. The van der Waals surface area contributed by atoms with E-state index in [1.807, 2.05) is 18.2 Å². The predicted molar refractivity (Wildman–Crippen MR) is 102 cm³/mol. The van der Waals surface area contributed by atoms with Gasteiger partial charge in [-0.15, -0.1) is 0 Å². The molecular formula is C20H18N4O4. The van der Waals surface area contributed by atoms with Crippen LogP contribution in [0.3, 0.4) is 0 Å². The number of hydrogen-bond donors (Lipinski definition) is 2. The average molecular weight is 378 g/mol. The van der Waals surface area contributed by atoms with Crippen molar-refractivity contribution in [3.05, 3.63) is 70.1 Å². The second kappa shape index (κ2) is 7.15. The number of nitrogens with one attached hydrogen (secondary N) is 2. The summed E-state index contributed by atoms with van der Waals surface area (Å²) in [4.78, 5) is 37.4. The number of hydrogen-bond acceptors (Lipinski definition) is 5. The Bertz CT molecular complexity index is 1110. The van der Waals surface area contributed by atoms with Crippen LogP contribution in [0.4, 0.5) is 0 Å². The third-order valence-corrected chi connectivity index (χ3v) is 4.62. The number of carbonyl (C=O) groups is 2. The molecule has 0 aliphatic carbocycles. The fourth-order valence-electron chi connectivity index (χ4n) is 3.20. The maximum atomic E-state index is 12.6. The van der Waals surface area contributed by atoms with Gasteiger partial charge in [-0.1, -0.05) is 36.4 Å². The van der Waals surface area contributed by atoms with Crippen LogP contribution in [-0.4, -0.2) is 27.7 Å². The van der Waals surface area contributed by atoms with E-state index in [1.165, 1.54) is 4.68 Å². The number of nitrogens with zero attached hydrogens (tertiary/aromatic N) is 2. The molecule has 1 atom stereocenters. The first kappa shape index (κ1) is 17.7. The Labute approximate surface area is 160 Å². The maximum absolute atomic E-state index is 12.6. The van der Waals surface area contributed by atoms with Crippen LogP contribution in [0, 0.1) is 0 Å². The molecule has 0 saturated carbocycles. The minimum atomic E-state index is -0.716. The number of carbonyl (C=O) groups excluding carboxylic acids is 2. The van der Waals surface area contributed by atoms with Gasteiger partial charge in [-0.2, -0.15) is 5.10 Å². The largest absolute Gasteiger partial charge is 0.480 e. The van der Waals surface area contributed by atoms with Crippen molar-refractivity contribution in [3.8, 4) is 5.75 Å². The topological polar surface area (TPSA) is 102 Å². The lowest BCUT2D eigenvalue weighted by atomic mass is 10.1. The first-order valence-corrected chi connectivity index (χ1v) is 8.93. The van der Waals surface area contributed by atoms with Crippen LogP contribution in [0.15, 0.2) is 53.3 Å². The Morgan fingerprint density at radius 2 is 1.82 bits per heavy atom. The smallest absolute Gasteiger partial charge is 0.290 e. The van der Waals surface area contributed by atoms with E-state index in [9.17, 15) is 14.4 Å². The van der Waals surface area contributed by atoms with Crippen LogP contribution in [0.2, 0.25) is 0 Å². The number of hydrazine groups is 1. The van der Waals surface area contributed by atoms with Crippen molar-refractivity contribution < 1.29 is 14.3 Å². The fourth-order valence-corrected chi connectivity index (χ4v) is 3.20. The molecule has 3 aromatic rings. The lowest BCUT2D eigenvalue weighted by molar-refractivity contribution is -0.128. The third-order valence-electron chi connectivity index (χ3n) is 4.62. The number of fused-ring (bicyclic) bond motifs is 2. The van der Waals surface area contributed by atoms with Gasteiger partial charge in [-0.05, 0) is 24.6 Å². The molecule has 0 unspecified atom stereocenters. The van der Waals surface area contributed by atoms with Crippen molar-refractivity contribution in [2.45, 2.75) is 26.0 Å². The van der Waals surface area contributed by atoms with Crippen molar-refractivity contribution in [2.75, 3.05) is 0 Å². The molecule has 142 valence electrons. The van der Waals surface area contributed by atoms with Gasteiger partial charge in [0.05, 0.1) is 5.39 Å². The van der Waals surface area contributed by atoms with Gasteiger partial charge in [0.1, 0.15) is 5.75 Å². The fraction of sp³-hybridized carbons (Fsp3) is 0.200. The molecule has 28 heavy (non-hydrogen) atoms. The van der Waals surface area contributed by atoms with Crippen molar-refractivity contribution >= 4 is 22.6 Å². The van der Waals surface area contributed by atoms with Gasteiger partial charge in [-0.25, -0.2) is 4.68 Å². The monoisotopic (exact) mass is 378 g/mol. The molecule has 2 aromatic carbocycles. The number of para-hydroxylation sites is 1. The van der Waals surface area contributed by atoms with Gasteiger partial charge in [0.15, 0.2) is 11.8 Å². The van der Waals surface area contributed by atoms with E-state index in [0.717, 1.165) is 5.56 Å². The van der Waals surface area contributed by atoms with E-state index in [-0.39, 0.29) is 11.3 Å². The molecule has 8 heteroatoms. The van der Waals surface area contributed by atoms with Crippen LogP contribution in [0.1, 0.15) is 23.0 Å². The SMILES string of the molecule is CCn1nc(C(=O)NNC(=O)[C@@H]2Cc3ccccc3O2)c2ccccc2c1=O. The summed E-state index contributed by atoms with van der Waals surface area (Å²) in [6.07, 6.45) is -0.285. The summed E-state index contributed by atoms with van der Waals surface area (Å²) >= 11 is 0. The Morgan fingerprint density at radius 3 is 2.57 bits per heavy atom. The highest BCUT2D eigenvalue weighted by atomic mass is 16.5. The van der Waals surface area contributed by atoms with E-state index in [1.54, 1.807) is 37.3 Å². The van der Waals surface area contributed by atoms with Crippen LogP contribution in [0.25, 0.3) is 10.8 Å². The number of aryl methyl sites for hydroxylation is 1. The summed E-state index contributed by atoms with van der Waals surface area (Å²) in [6.45, 7) is 2.09. The molecular weight excluding hydrogens is 360 g/mol. The van der Waals surface area contributed by atoms with Gasteiger partial charge < -0.3 is 4.74 Å². The summed E-state index contributed by atoms with van der Waals surface area (Å²) in [6, 6.07) is 14.1. The Hall–Kier alpha value is -3.68. The summed E-state index contributed by atoms with van der Waals surface area (Å²) in [7, 11) is 0. The maximum Gasteiger partial charge on any atom is 0.290 e. The second-order valence-electron chi connectivity index (χ2n) is 6.38. The average Bonchev–Trinajstić information content (AvgIpc) is 3.16. The number of rotatable bonds is 3. The first-order chi connectivity index (χ1) is 13.6. The highest BCUT2D eigenvalue weighted by molar-refractivity contribution is 6.05. The number of ether oxygens (including phenoxy) is 1. The Balaban J connectivity index is 1.51. The van der Waals surface area contributed by atoms with E-state index in [0.29, 0.717) is 29.5 Å². The minimum Gasteiger partial charge on any atom is -0.480 e. The van der Waals surface area contributed by atoms with E-state index >= 15 is 0 Å². The lowest BCUT2D eigenvalue weighted by Gasteiger charge is -2.13. The molecule has 0 radical (unpaired) electrons. The van der Waals surface area contributed by atoms with Crippen LogP contribution >= 0.6 is 0 Å². The molecule has 2 N–H and O–H groups in total. The van der Waals surface area contributed by atoms with Crippen LogP contribution in [0.5, 0.6) is 5.75 Å². The second-order valence-corrected chi connectivity index (χ2v) is 6.38. The molecule has 2 heterocycles. The Kier molecular flexibility index (Phi) is 4.52. The minimum absolute atomic E-state index is 0.0629.